The van der Waals surface area contributed by atoms with Crippen LogP contribution in [0.5, 0.6) is 0 Å². The minimum Gasteiger partial charge on any atom is -0.339 e. The van der Waals surface area contributed by atoms with Gasteiger partial charge in [-0.2, -0.15) is 4.98 Å². The van der Waals surface area contributed by atoms with Gasteiger partial charge in [0, 0.05) is 41.4 Å². The van der Waals surface area contributed by atoms with E-state index in [1.165, 1.54) is 18.2 Å². The summed E-state index contributed by atoms with van der Waals surface area (Å²) in [7, 11) is 0. The second-order valence-electron chi connectivity index (χ2n) is 6.86. The molecule has 148 valence electrons. The number of amides is 1. The first kappa shape index (κ1) is 19.1. The van der Waals surface area contributed by atoms with Crippen molar-refractivity contribution in [3.8, 4) is 11.4 Å². The van der Waals surface area contributed by atoms with Gasteiger partial charge in [0.2, 0.25) is 11.7 Å². The fourth-order valence-corrected chi connectivity index (χ4v) is 3.54. The summed E-state index contributed by atoms with van der Waals surface area (Å²) in [5.74, 6) is 0.626. The average Bonchev–Trinajstić information content (AvgIpc) is 3.24. The zero-order valence-electron chi connectivity index (χ0n) is 15.3. The maximum Gasteiger partial charge on any atom is 0.270 e. The lowest BCUT2D eigenvalue weighted by Gasteiger charge is -2.31. The molecule has 1 atom stereocenters. The molecular weight excluding hydrogens is 396 g/mol. The fourth-order valence-electron chi connectivity index (χ4n) is 3.42. The number of carbonyl (C=O) groups excluding carboxylic acids is 1. The first-order valence-corrected chi connectivity index (χ1v) is 9.52. The Hall–Kier alpha value is -3.26. The van der Waals surface area contributed by atoms with Gasteiger partial charge in [-0.1, -0.05) is 22.8 Å². The first-order chi connectivity index (χ1) is 14.0. The number of benzene rings is 2. The molecule has 4 rings (SSSR count). The summed E-state index contributed by atoms with van der Waals surface area (Å²) in [4.78, 5) is 29.5. The Morgan fingerprint density at radius 3 is 2.79 bits per heavy atom. The van der Waals surface area contributed by atoms with E-state index in [9.17, 15) is 14.9 Å². The highest BCUT2D eigenvalue weighted by molar-refractivity contribution is 6.30. The van der Waals surface area contributed by atoms with Crippen molar-refractivity contribution in [3.63, 3.8) is 0 Å². The van der Waals surface area contributed by atoms with Crippen molar-refractivity contribution >= 4 is 23.2 Å². The second kappa shape index (κ2) is 8.00. The number of nitro groups is 1. The molecule has 1 fully saturated rings. The quantitative estimate of drug-likeness (QED) is 0.467. The van der Waals surface area contributed by atoms with Crippen LogP contribution in [-0.2, 0) is 0 Å². The van der Waals surface area contributed by atoms with Crippen LogP contribution in [-0.4, -0.2) is 39.0 Å². The SMILES string of the molecule is O=C(c1cccc([N+](=O)[O-])c1)N1CCC[C@@H](c2nc(-c3ccc(Cl)cc3)no2)C1. The number of aromatic nitrogens is 2. The van der Waals surface area contributed by atoms with Gasteiger partial charge < -0.3 is 9.42 Å². The number of hydrogen-bond donors (Lipinski definition) is 0. The Morgan fingerprint density at radius 1 is 1.24 bits per heavy atom. The van der Waals surface area contributed by atoms with Crippen LogP contribution < -0.4 is 0 Å². The Kier molecular flexibility index (Phi) is 5.26. The van der Waals surface area contributed by atoms with Gasteiger partial charge in [0.25, 0.3) is 11.6 Å². The van der Waals surface area contributed by atoms with Gasteiger partial charge in [-0.15, -0.1) is 0 Å². The lowest BCUT2D eigenvalue weighted by atomic mass is 9.97. The molecular formula is C20H17ClN4O4. The van der Waals surface area contributed by atoms with E-state index in [1.807, 2.05) is 12.1 Å². The van der Waals surface area contributed by atoms with Crippen molar-refractivity contribution in [2.75, 3.05) is 13.1 Å². The molecule has 0 unspecified atom stereocenters. The maximum absolute atomic E-state index is 12.8. The largest absolute Gasteiger partial charge is 0.339 e. The molecule has 2 aromatic carbocycles. The van der Waals surface area contributed by atoms with Crippen LogP contribution in [0.1, 0.15) is 35.0 Å². The Labute approximate surface area is 171 Å². The summed E-state index contributed by atoms with van der Waals surface area (Å²) < 4.78 is 5.45. The number of carbonyl (C=O) groups is 1. The highest BCUT2D eigenvalue weighted by atomic mass is 35.5. The number of halogens is 1. The van der Waals surface area contributed by atoms with Crippen molar-refractivity contribution < 1.29 is 14.2 Å². The molecule has 8 nitrogen and oxygen atoms in total. The van der Waals surface area contributed by atoms with Crippen molar-refractivity contribution in [1.29, 1.82) is 0 Å². The molecule has 0 N–H and O–H groups in total. The number of hydrogen-bond acceptors (Lipinski definition) is 6. The summed E-state index contributed by atoms with van der Waals surface area (Å²) in [6, 6.07) is 12.9. The summed E-state index contributed by atoms with van der Waals surface area (Å²) in [6.45, 7) is 1.000. The van der Waals surface area contributed by atoms with Crippen LogP contribution in [0.15, 0.2) is 53.1 Å². The molecule has 0 bridgehead atoms. The molecule has 9 heteroatoms. The van der Waals surface area contributed by atoms with E-state index in [0.717, 1.165) is 18.4 Å². The summed E-state index contributed by atoms with van der Waals surface area (Å²) >= 11 is 5.91. The van der Waals surface area contributed by atoms with Crippen LogP contribution in [0, 0.1) is 10.1 Å². The molecule has 0 spiro atoms. The Balaban J connectivity index is 1.50. The lowest BCUT2D eigenvalue weighted by Crippen LogP contribution is -2.39. The van der Waals surface area contributed by atoms with Gasteiger partial charge in [0.15, 0.2) is 0 Å². The van der Waals surface area contributed by atoms with Gasteiger partial charge in [0.1, 0.15) is 0 Å². The number of non-ortho nitro benzene ring substituents is 1. The Morgan fingerprint density at radius 2 is 2.03 bits per heavy atom. The highest BCUT2D eigenvalue weighted by Gasteiger charge is 2.29. The van der Waals surface area contributed by atoms with Gasteiger partial charge >= 0.3 is 0 Å². The molecule has 1 aliphatic heterocycles. The third-order valence-corrected chi connectivity index (χ3v) is 5.16. The minimum absolute atomic E-state index is 0.0834. The normalized spacial score (nSPS) is 16.6. The van der Waals surface area contributed by atoms with Gasteiger partial charge in [-0.3, -0.25) is 14.9 Å². The van der Waals surface area contributed by atoms with E-state index in [2.05, 4.69) is 10.1 Å². The zero-order chi connectivity index (χ0) is 20.4. The van der Waals surface area contributed by atoms with Crippen molar-refractivity contribution in [1.82, 2.24) is 15.0 Å². The van der Waals surface area contributed by atoms with Crippen LogP contribution in [0.2, 0.25) is 5.02 Å². The minimum atomic E-state index is -0.507. The number of piperidine rings is 1. The monoisotopic (exact) mass is 412 g/mol. The van der Waals surface area contributed by atoms with E-state index in [4.69, 9.17) is 16.1 Å². The van der Waals surface area contributed by atoms with Gasteiger partial charge in [0.05, 0.1) is 10.8 Å². The van der Waals surface area contributed by atoms with Crippen LogP contribution in [0.4, 0.5) is 5.69 Å². The molecule has 0 aliphatic carbocycles. The van der Waals surface area contributed by atoms with E-state index >= 15 is 0 Å². The third kappa shape index (κ3) is 4.12. The maximum atomic E-state index is 12.8. The smallest absolute Gasteiger partial charge is 0.270 e. The zero-order valence-corrected chi connectivity index (χ0v) is 16.1. The fraction of sp³-hybridized carbons (Fsp3) is 0.250. The van der Waals surface area contributed by atoms with E-state index < -0.39 is 4.92 Å². The van der Waals surface area contributed by atoms with Crippen molar-refractivity contribution in [2.45, 2.75) is 18.8 Å². The van der Waals surface area contributed by atoms with Gasteiger partial charge in [-0.25, -0.2) is 0 Å². The number of nitro benzene ring substituents is 1. The number of likely N-dealkylation sites (tertiary alicyclic amines) is 1. The predicted molar refractivity (Wildman–Crippen MR) is 106 cm³/mol. The standard InChI is InChI=1S/C20H17ClN4O4/c21-16-8-6-13(7-9-16)18-22-19(29-23-18)15-4-2-10-24(12-15)20(26)14-3-1-5-17(11-14)25(27)28/h1,3,5-9,11,15H,2,4,10,12H2/t15-/m1/s1. The van der Waals surface area contributed by atoms with E-state index in [-0.39, 0.29) is 17.5 Å². The average molecular weight is 413 g/mol. The molecule has 29 heavy (non-hydrogen) atoms. The van der Waals surface area contributed by atoms with Crippen molar-refractivity contribution in [2.24, 2.45) is 0 Å². The molecule has 0 saturated carbocycles. The lowest BCUT2D eigenvalue weighted by molar-refractivity contribution is -0.384. The summed E-state index contributed by atoms with van der Waals surface area (Å²) in [6.07, 6.45) is 1.60. The highest BCUT2D eigenvalue weighted by Crippen LogP contribution is 2.29. The van der Waals surface area contributed by atoms with Crippen molar-refractivity contribution in [3.05, 3.63) is 75.1 Å². The molecule has 2 heterocycles. The number of rotatable bonds is 4. The molecule has 0 radical (unpaired) electrons. The van der Waals surface area contributed by atoms with Gasteiger partial charge in [-0.05, 0) is 43.2 Å². The third-order valence-electron chi connectivity index (χ3n) is 4.91. The number of nitrogens with zero attached hydrogens (tertiary/aromatic N) is 4. The van der Waals surface area contributed by atoms with Crippen LogP contribution >= 0.6 is 11.6 Å². The van der Waals surface area contributed by atoms with E-state index in [0.29, 0.717) is 35.4 Å². The first-order valence-electron chi connectivity index (χ1n) is 9.14. The van der Waals surface area contributed by atoms with E-state index in [1.54, 1.807) is 23.1 Å². The topological polar surface area (TPSA) is 102 Å². The summed E-state index contributed by atoms with van der Waals surface area (Å²) in [5.41, 5.74) is 0.992. The van der Waals surface area contributed by atoms with Crippen LogP contribution in [0.25, 0.3) is 11.4 Å². The molecule has 1 amide bonds. The summed E-state index contributed by atoms with van der Waals surface area (Å²) in [5, 5.41) is 15.6. The Bertz CT molecular complexity index is 1050. The molecule has 1 aromatic heterocycles. The predicted octanol–water partition coefficient (Wildman–Crippen LogP) is 4.32. The van der Waals surface area contributed by atoms with Crippen LogP contribution in [0.3, 0.4) is 0 Å². The second-order valence-corrected chi connectivity index (χ2v) is 7.30. The molecule has 1 saturated heterocycles. The molecule has 3 aromatic rings. The molecule has 1 aliphatic rings.